The van der Waals surface area contributed by atoms with E-state index in [4.69, 9.17) is 9.47 Å². The zero-order valence-electron chi connectivity index (χ0n) is 9.89. The molecule has 0 atom stereocenters. The van der Waals surface area contributed by atoms with Crippen molar-refractivity contribution >= 4 is 0 Å². The summed E-state index contributed by atoms with van der Waals surface area (Å²) in [4.78, 5) is 0. The Balaban J connectivity index is 1.78. The molecule has 1 heterocycles. The Morgan fingerprint density at radius 2 is 2.19 bits per heavy atom. The van der Waals surface area contributed by atoms with Gasteiger partial charge >= 0.3 is 0 Å². The lowest BCUT2D eigenvalue weighted by atomic mass is 10.4. The van der Waals surface area contributed by atoms with Gasteiger partial charge < -0.3 is 14.8 Å². The first-order valence-corrected chi connectivity index (χ1v) is 5.68. The van der Waals surface area contributed by atoms with E-state index in [0.29, 0.717) is 13.2 Å². The second-order valence-corrected chi connectivity index (χ2v) is 3.48. The molecule has 1 rings (SSSR count). The molecule has 0 aromatic carbocycles. The summed E-state index contributed by atoms with van der Waals surface area (Å²) in [6.07, 6.45) is 4.87. The van der Waals surface area contributed by atoms with Crippen LogP contribution in [0.4, 0.5) is 0 Å². The Hall–Kier alpha value is -0.910. The first-order valence-electron chi connectivity index (χ1n) is 5.68. The van der Waals surface area contributed by atoms with Crippen LogP contribution in [0.3, 0.4) is 0 Å². The van der Waals surface area contributed by atoms with Gasteiger partial charge in [0.05, 0.1) is 19.8 Å². The number of rotatable bonds is 10. The molecule has 16 heavy (non-hydrogen) atoms. The van der Waals surface area contributed by atoms with Crippen LogP contribution in [0, 0.1) is 0 Å². The second-order valence-electron chi connectivity index (χ2n) is 3.48. The zero-order chi connectivity index (χ0) is 11.5. The van der Waals surface area contributed by atoms with Crippen molar-refractivity contribution in [3.63, 3.8) is 0 Å². The number of nitrogens with zero attached hydrogens (tertiary/aromatic N) is 2. The highest BCUT2D eigenvalue weighted by Gasteiger charge is 1.91. The maximum atomic E-state index is 5.32. The quantitative estimate of drug-likeness (QED) is 0.592. The van der Waals surface area contributed by atoms with Gasteiger partial charge in [-0.15, -0.1) is 0 Å². The number of methoxy groups -OCH3 is 1. The van der Waals surface area contributed by atoms with Crippen molar-refractivity contribution in [2.45, 2.75) is 13.0 Å². The Kier molecular flexibility index (Phi) is 7.67. The van der Waals surface area contributed by atoms with Crippen molar-refractivity contribution in [1.29, 1.82) is 0 Å². The van der Waals surface area contributed by atoms with Crippen molar-refractivity contribution in [1.82, 2.24) is 15.1 Å². The largest absolute Gasteiger partial charge is 0.382 e. The number of ether oxygens (including phenoxy) is 2. The summed E-state index contributed by atoms with van der Waals surface area (Å²) < 4.78 is 12.1. The highest BCUT2D eigenvalue weighted by Crippen LogP contribution is 1.87. The lowest BCUT2D eigenvalue weighted by molar-refractivity contribution is 0.0720. The first kappa shape index (κ1) is 13.2. The van der Waals surface area contributed by atoms with Crippen LogP contribution in [-0.2, 0) is 16.0 Å². The summed E-state index contributed by atoms with van der Waals surface area (Å²) >= 11 is 0. The molecule has 1 N–H and O–H groups in total. The average Bonchev–Trinajstić information content (AvgIpc) is 2.80. The minimum absolute atomic E-state index is 0.666. The van der Waals surface area contributed by atoms with Crippen molar-refractivity contribution < 1.29 is 9.47 Å². The molecule has 92 valence electrons. The van der Waals surface area contributed by atoms with E-state index in [1.807, 2.05) is 16.9 Å². The molecule has 0 saturated carbocycles. The summed E-state index contributed by atoms with van der Waals surface area (Å²) in [6.45, 7) is 4.93. The number of hydrogen-bond donors (Lipinski definition) is 1. The van der Waals surface area contributed by atoms with Gasteiger partial charge in [0.2, 0.25) is 0 Å². The number of hydrogen-bond acceptors (Lipinski definition) is 4. The van der Waals surface area contributed by atoms with E-state index in [-0.39, 0.29) is 0 Å². The van der Waals surface area contributed by atoms with E-state index in [2.05, 4.69) is 10.4 Å². The van der Waals surface area contributed by atoms with Crippen molar-refractivity contribution in [2.24, 2.45) is 0 Å². The van der Waals surface area contributed by atoms with Crippen molar-refractivity contribution in [3.05, 3.63) is 18.5 Å². The zero-order valence-corrected chi connectivity index (χ0v) is 9.89. The van der Waals surface area contributed by atoms with Gasteiger partial charge in [-0.05, 0) is 19.0 Å². The molecule has 0 radical (unpaired) electrons. The molecule has 5 nitrogen and oxygen atoms in total. The maximum Gasteiger partial charge on any atom is 0.0700 e. The minimum atomic E-state index is 0.666. The molecular formula is C11H21N3O2. The third-order valence-electron chi connectivity index (χ3n) is 2.15. The smallest absolute Gasteiger partial charge is 0.0700 e. The molecular weight excluding hydrogens is 206 g/mol. The van der Waals surface area contributed by atoms with E-state index >= 15 is 0 Å². The van der Waals surface area contributed by atoms with Crippen LogP contribution in [-0.4, -0.2) is 49.8 Å². The number of nitrogens with one attached hydrogen (secondary N) is 1. The molecule has 0 amide bonds. The summed E-state index contributed by atoms with van der Waals surface area (Å²) in [5.74, 6) is 0. The molecule has 0 unspecified atom stereocenters. The summed E-state index contributed by atoms with van der Waals surface area (Å²) in [5.41, 5.74) is 0. The summed E-state index contributed by atoms with van der Waals surface area (Å²) in [5, 5.41) is 7.45. The summed E-state index contributed by atoms with van der Waals surface area (Å²) in [6, 6.07) is 1.94. The Morgan fingerprint density at radius 3 is 2.94 bits per heavy atom. The lowest BCUT2D eigenvalue weighted by Gasteiger charge is -2.06. The maximum absolute atomic E-state index is 5.32. The van der Waals surface area contributed by atoms with Crippen LogP contribution >= 0.6 is 0 Å². The molecule has 0 aliphatic heterocycles. The van der Waals surface area contributed by atoms with Crippen LogP contribution in [0.1, 0.15) is 6.42 Å². The van der Waals surface area contributed by atoms with Gasteiger partial charge in [-0.25, -0.2) is 0 Å². The normalized spacial score (nSPS) is 10.8. The first-order chi connectivity index (χ1) is 7.93. The monoisotopic (exact) mass is 227 g/mol. The topological polar surface area (TPSA) is 48.3 Å². The Morgan fingerprint density at radius 1 is 1.25 bits per heavy atom. The van der Waals surface area contributed by atoms with E-state index in [1.54, 1.807) is 13.3 Å². The predicted molar refractivity (Wildman–Crippen MR) is 62.4 cm³/mol. The second kappa shape index (κ2) is 9.33. The van der Waals surface area contributed by atoms with Crippen molar-refractivity contribution in [3.8, 4) is 0 Å². The molecule has 1 aromatic heterocycles. The fourth-order valence-electron chi connectivity index (χ4n) is 1.31. The number of aryl methyl sites for hydroxylation is 1. The van der Waals surface area contributed by atoms with Crippen molar-refractivity contribution in [2.75, 3.05) is 40.0 Å². The lowest BCUT2D eigenvalue weighted by Crippen LogP contribution is -2.22. The molecule has 0 aliphatic carbocycles. The van der Waals surface area contributed by atoms with Crippen LogP contribution in [0.25, 0.3) is 0 Å². The Bertz CT molecular complexity index is 239. The Labute approximate surface area is 96.7 Å². The third kappa shape index (κ3) is 6.55. The molecule has 0 fully saturated rings. The van der Waals surface area contributed by atoms with E-state index in [9.17, 15) is 0 Å². The highest BCUT2D eigenvalue weighted by atomic mass is 16.5. The average molecular weight is 227 g/mol. The van der Waals surface area contributed by atoms with Crippen LogP contribution < -0.4 is 5.32 Å². The van der Waals surface area contributed by atoms with Crippen LogP contribution in [0.5, 0.6) is 0 Å². The highest BCUT2D eigenvalue weighted by molar-refractivity contribution is 4.77. The number of aromatic nitrogens is 2. The van der Waals surface area contributed by atoms with Gasteiger partial charge in [0.25, 0.3) is 0 Å². The van der Waals surface area contributed by atoms with E-state index < -0.39 is 0 Å². The molecule has 1 aromatic rings. The molecule has 0 saturated heterocycles. The predicted octanol–water partition coefficient (Wildman–Crippen LogP) is 0.526. The third-order valence-corrected chi connectivity index (χ3v) is 2.15. The van der Waals surface area contributed by atoms with Gasteiger partial charge in [-0.2, -0.15) is 5.10 Å². The van der Waals surface area contributed by atoms with Crippen LogP contribution in [0.15, 0.2) is 18.5 Å². The van der Waals surface area contributed by atoms with E-state index in [1.165, 1.54) is 0 Å². The van der Waals surface area contributed by atoms with E-state index in [0.717, 1.165) is 32.7 Å². The standard InChI is InChI=1S/C11H21N3O2/c1-15-10-11-16-9-6-12-4-2-7-14-8-3-5-13-14/h3,5,8,12H,2,4,6-7,9-11H2,1H3. The molecule has 0 aliphatic rings. The van der Waals surface area contributed by atoms with Crippen LogP contribution in [0.2, 0.25) is 0 Å². The SMILES string of the molecule is COCCOCCNCCCn1cccn1. The fraction of sp³-hybridized carbons (Fsp3) is 0.727. The molecule has 5 heteroatoms. The fourth-order valence-corrected chi connectivity index (χ4v) is 1.31. The van der Waals surface area contributed by atoms with Gasteiger partial charge in [-0.1, -0.05) is 0 Å². The minimum Gasteiger partial charge on any atom is -0.382 e. The molecule has 0 bridgehead atoms. The molecule has 0 spiro atoms. The summed E-state index contributed by atoms with van der Waals surface area (Å²) in [7, 11) is 1.68. The van der Waals surface area contributed by atoms with Gasteiger partial charge in [-0.3, -0.25) is 4.68 Å². The van der Waals surface area contributed by atoms with Gasteiger partial charge in [0.15, 0.2) is 0 Å². The van der Waals surface area contributed by atoms with Gasteiger partial charge in [0, 0.05) is 32.6 Å². The van der Waals surface area contributed by atoms with Gasteiger partial charge in [0.1, 0.15) is 0 Å².